The van der Waals surface area contributed by atoms with Crippen molar-refractivity contribution in [3.8, 4) is 0 Å². The minimum Gasteiger partial charge on any atom is -0.378 e. The van der Waals surface area contributed by atoms with Crippen LogP contribution in [-0.2, 0) is 4.74 Å². The van der Waals surface area contributed by atoms with Crippen LogP contribution in [0.1, 0.15) is 26.2 Å². The second-order valence-corrected chi connectivity index (χ2v) is 3.65. The van der Waals surface area contributed by atoms with Crippen molar-refractivity contribution in [1.82, 2.24) is 4.90 Å². The van der Waals surface area contributed by atoms with Gasteiger partial charge in [-0.05, 0) is 6.42 Å². The van der Waals surface area contributed by atoms with Crippen LogP contribution in [0.15, 0.2) is 12.7 Å². The molecule has 2 heteroatoms. The minimum absolute atomic E-state index is 0.631. The Hall–Kier alpha value is -0.340. The lowest BCUT2D eigenvalue weighted by molar-refractivity contribution is -0.00520. The van der Waals surface area contributed by atoms with Gasteiger partial charge < -0.3 is 4.74 Å². The van der Waals surface area contributed by atoms with E-state index in [2.05, 4.69) is 18.4 Å². The lowest BCUT2D eigenvalue weighted by Crippen LogP contribution is -2.45. The van der Waals surface area contributed by atoms with Crippen molar-refractivity contribution >= 4 is 0 Å². The summed E-state index contributed by atoms with van der Waals surface area (Å²) in [7, 11) is 0. The molecule has 0 saturated carbocycles. The largest absolute Gasteiger partial charge is 0.378 e. The molecule has 1 unspecified atom stereocenters. The Bertz CT molecular complexity index is 147. The molecule has 0 bridgehead atoms. The molecule has 1 saturated heterocycles. The topological polar surface area (TPSA) is 12.5 Å². The zero-order valence-corrected chi connectivity index (χ0v) is 8.67. The molecular weight excluding hydrogens is 162 g/mol. The van der Waals surface area contributed by atoms with Gasteiger partial charge in [-0.1, -0.05) is 25.8 Å². The normalized spacial score (nSPS) is 24.5. The van der Waals surface area contributed by atoms with E-state index in [4.69, 9.17) is 4.74 Å². The van der Waals surface area contributed by atoms with Crippen LogP contribution in [0.2, 0.25) is 0 Å². The summed E-state index contributed by atoms with van der Waals surface area (Å²) in [6.07, 6.45) is 5.84. The molecule has 0 amide bonds. The van der Waals surface area contributed by atoms with E-state index in [1.54, 1.807) is 0 Å². The number of hydrogen-bond acceptors (Lipinski definition) is 2. The van der Waals surface area contributed by atoms with Crippen LogP contribution < -0.4 is 0 Å². The maximum atomic E-state index is 5.48. The van der Waals surface area contributed by atoms with E-state index in [1.807, 2.05) is 6.08 Å². The molecule has 1 aliphatic rings. The Kier molecular flexibility index (Phi) is 5.09. The first-order valence-electron chi connectivity index (χ1n) is 5.31. The van der Waals surface area contributed by atoms with Gasteiger partial charge in [0.25, 0.3) is 0 Å². The van der Waals surface area contributed by atoms with Crippen molar-refractivity contribution in [2.75, 3.05) is 26.3 Å². The standard InChI is InChI=1S/C11H21NO/c1-3-5-6-11-10-13-9-8-12(11)7-4-2/h4,11H,2-3,5-10H2,1H3. The van der Waals surface area contributed by atoms with E-state index in [0.29, 0.717) is 6.04 Å². The molecule has 0 N–H and O–H groups in total. The maximum Gasteiger partial charge on any atom is 0.0622 e. The second-order valence-electron chi connectivity index (χ2n) is 3.65. The third kappa shape index (κ3) is 3.49. The van der Waals surface area contributed by atoms with E-state index < -0.39 is 0 Å². The van der Waals surface area contributed by atoms with Crippen LogP contribution in [0.4, 0.5) is 0 Å². The van der Waals surface area contributed by atoms with Crippen LogP contribution in [0.25, 0.3) is 0 Å². The number of hydrogen-bond donors (Lipinski definition) is 0. The first-order chi connectivity index (χ1) is 6.38. The summed E-state index contributed by atoms with van der Waals surface area (Å²) < 4.78 is 5.48. The van der Waals surface area contributed by atoms with Gasteiger partial charge in [0.15, 0.2) is 0 Å². The lowest BCUT2D eigenvalue weighted by atomic mass is 10.1. The summed E-state index contributed by atoms with van der Waals surface area (Å²) in [5.41, 5.74) is 0. The Morgan fingerprint density at radius 2 is 2.46 bits per heavy atom. The third-order valence-electron chi connectivity index (χ3n) is 2.60. The van der Waals surface area contributed by atoms with Crippen LogP contribution in [0.5, 0.6) is 0 Å². The van der Waals surface area contributed by atoms with Crippen LogP contribution in [-0.4, -0.2) is 37.2 Å². The summed E-state index contributed by atoms with van der Waals surface area (Å²) in [4.78, 5) is 2.48. The Morgan fingerprint density at radius 3 is 3.15 bits per heavy atom. The van der Waals surface area contributed by atoms with Crippen molar-refractivity contribution in [2.45, 2.75) is 32.2 Å². The first kappa shape index (κ1) is 10.7. The molecule has 76 valence electrons. The number of rotatable bonds is 5. The fraction of sp³-hybridized carbons (Fsp3) is 0.818. The van der Waals surface area contributed by atoms with Crippen LogP contribution >= 0.6 is 0 Å². The molecule has 0 spiro atoms. The zero-order chi connectivity index (χ0) is 9.52. The summed E-state index contributed by atoms with van der Waals surface area (Å²) in [6, 6.07) is 0.631. The highest BCUT2D eigenvalue weighted by molar-refractivity contribution is 4.81. The van der Waals surface area contributed by atoms with E-state index in [1.165, 1.54) is 19.3 Å². The maximum absolute atomic E-state index is 5.48. The van der Waals surface area contributed by atoms with Gasteiger partial charge >= 0.3 is 0 Å². The van der Waals surface area contributed by atoms with Gasteiger partial charge in [0.2, 0.25) is 0 Å². The number of nitrogens with zero attached hydrogens (tertiary/aromatic N) is 1. The highest BCUT2D eigenvalue weighted by Gasteiger charge is 2.20. The number of unbranched alkanes of at least 4 members (excludes halogenated alkanes) is 1. The van der Waals surface area contributed by atoms with Crippen molar-refractivity contribution < 1.29 is 4.74 Å². The lowest BCUT2D eigenvalue weighted by Gasteiger charge is -2.34. The van der Waals surface area contributed by atoms with Gasteiger partial charge in [0, 0.05) is 19.1 Å². The molecule has 0 radical (unpaired) electrons. The van der Waals surface area contributed by atoms with Gasteiger partial charge in [-0.15, -0.1) is 6.58 Å². The predicted octanol–water partition coefficient (Wildman–Crippen LogP) is 2.06. The van der Waals surface area contributed by atoms with Crippen molar-refractivity contribution in [1.29, 1.82) is 0 Å². The minimum atomic E-state index is 0.631. The van der Waals surface area contributed by atoms with Gasteiger partial charge in [-0.25, -0.2) is 0 Å². The summed E-state index contributed by atoms with van der Waals surface area (Å²) >= 11 is 0. The van der Waals surface area contributed by atoms with Crippen LogP contribution in [0.3, 0.4) is 0 Å². The highest BCUT2D eigenvalue weighted by atomic mass is 16.5. The molecule has 1 aliphatic heterocycles. The molecule has 0 aromatic heterocycles. The Balaban J connectivity index is 2.32. The predicted molar refractivity (Wildman–Crippen MR) is 55.9 cm³/mol. The number of ether oxygens (including phenoxy) is 1. The third-order valence-corrected chi connectivity index (χ3v) is 2.60. The molecule has 0 aliphatic carbocycles. The quantitative estimate of drug-likeness (QED) is 0.605. The molecule has 2 nitrogen and oxygen atoms in total. The molecule has 1 rings (SSSR count). The molecular formula is C11H21NO. The smallest absolute Gasteiger partial charge is 0.0622 e. The second kappa shape index (κ2) is 6.17. The SMILES string of the molecule is C=CCN1CCOCC1CCCC. The average molecular weight is 183 g/mol. The van der Waals surface area contributed by atoms with Gasteiger partial charge in [-0.3, -0.25) is 4.90 Å². The Morgan fingerprint density at radius 1 is 1.62 bits per heavy atom. The van der Waals surface area contributed by atoms with E-state index >= 15 is 0 Å². The fourth-order valence-corrected chi connectivity index (χ4v) is 1.80. The first-order valence-corrected chi connectivity index (χ1v) is 5.31. The Labute approximate surface area is 81.6 Å². The van der Waals surface area contributed by atoms with E-state index in [-0.39, 0.29) is 0 Å². The number of morpholine rings is 1. The van der Waals surface area contributed by atoms with Crippen molar-refractivity contribution in [2.24, 2.45) is 0 Å². The van der Waals surface area contributed by atoms with Gasteiger partial charge in [-0.2, -0.15) is 0 Å². The summed E-state index contributed by atoms with van der Waals surface area (Å²) in [5.74, 6) is 0. The van der Waals surface area contributed by atoms with E-state index in [0.717, 1.165) is 26.3 Å². The van der Waals surface area contributed by atoms with Crippen molar-refractivity contribution in [3.63, 3.8) is 0 Å². The monoisotopic (exact) mass is 183 g/mol. The van der Waals surface area contributed by atoms with Crippen LogP contribution in [0, 0.1) is 0 Å². The molecule has 13 heavy (non-hydrogen) atoms. The molecule has 0 aromatic carbocycles. The zero-order valence-electron chi connectivity index (χ0n) is 8.67. The molecule has 1 atom stereocenters. The van der Waals surface area contributed by atoms with Gasteiger partial charge in [0.05, 0.1) is 13.2 Å². The summed E-state index contributed by atoms with van der Waals surface area (Å²) in [6.45, 7) is 9.90. The molecule has 1 heterocycles. The van der Waals surface area contributed by atoms with Gasteiger partial charge in [0.1, 0.15) is 0 Å². The molecule has 0 aromatic rings. The average Bonchev–Trinajstić information content (AvgIpc) is 2.17. The fourth-order valence-electron chi connectivity index (χ4n) is 1.80. The highest BCUT2D eigenvalue weighted by Crippen LogP contribution is 2.12. The molecule has 1 fully saturated rings. The summed E-state index contributed by atoms with van der Waals surface area (Å²) in [5, 5.41) is 0. The van der Waals surface area contributed by atoms with Crippen molar-refractivity contribution in [3.05, 3.63) is 12.7 Å². The van der Waals surface area contributed by atoms with E-state index in [9.17, 15) is 0 Å².